The molecule has 0 saturated heterocycles. The number of nitrogens with one attached hydrogen (secondary N) is 1. The molecule has 6 heteroatoms. The number of aromatic nitrogens is 2. The topological polar surface area (TPSA) is 67.2 Å². The minimum absolute atomic E-state index is 0.0621. The minimum Gasteiger partial charge on any atom is -0.355 e. The summed E-state index contributed by atoms with van der Waals surface area (Å²) in [7, 11) is 0. The van der Waals surface area contributed by atoms with Crippen molar-refractivity contribution in [2.45, 2.75) is 66.3 Å². The highest BCUT2D eigenvalue weighted by Gasteiger charge is 2.18. The molecular weight excluding hydrogens is 364 g/mol. The van der Waals surface area contributed by atoms with Crippen LogP contribution in [0.25, 0.3) is 11.0 Å². The largest absolute Gasteiger partial charge is 0.355 e. The van der Waals surface area contributed by atoms with Gasteiger partial charge in [-0.3, -0.25) is 9.59 Å². The highest BCUT2D eigenvalue weighted by Crippen LogP contribution is 2.17. The first-order valence-corrected chi connectivity index (χ1v) is 11.0. The predicted molar refractivity (Wildman–Crippen MR) is 118 cm³/mol. The van der Waals surface area contributed by atoms with E-state index in [0.29, 0.717) is 13.0 Å². The fraction of sp³-hybridized carbons (Fsp3) is 0.609. The Morgan fingerprint density at radius 3 is 2.34 bits per heavy atom. The number of para-hydroxylation sites is 2. The minimum atomic E-state index is 0.0621. The molecule has 0 radical (unpaired) electrons. The van der Waals surface area contributed by atoms with E-state index in [2.05, 4.69) is 19.2 Å². The molecule has 2 aromatic rings. The van der Waals surface area contributed by atoms with Gasteiger partial charge in [-0.05, 0) is 37.8 Å². The maximum Gasteiger partial charge on any atom is 0.242 e. The third-order valence-electron chi connectivity index (χ3n) is 5.37. The molecule has 1 aromatic heterocycles. The lowest BCUT2D eigenvalue weighted by atomic mass is 10.0. The first kappa shape index (κ1) is 22.9. The lowest BCUT2D eigenvalue weighted by Crippen LogP contribution is -2.36. The molecule has 0 aliphatic carbocycles. The molecule has 1 heterocycles. The second-order valence-corrected chi connectivity index (χ2v) is 7.54. The molecule has 0 spiro atoms. The summed E-state index contributed by atoms with van der Waals surface area (Å²) >= 11 is 0. The number of nitrogens with zero attached hydrogens (tertiary/aromatic N) is 3. The van der Waals surface area contributed by atoms with Gasteiger partial charge in [-0.1, -0.05) is 39.8 Å². The average Bonchev–Trinajstić information content (AvgIpc) is 3.06. The molecule has 1 aromatic carbocycles. The maximum absolute atomic E-state index is 12.9. The van der Waals surface area contributed by atoms with Crippen LogP contribution in [0.1, 0.15) is 59.2 Å². The van der Waals surface area contributed by atoms with Gasteiger partial charge in [-0.15, -0.1) is 0 Å². The first-order valence-electron chi connectivity index (χ1n) is 11.0. The number of fused-ring (bicyclic) bond motifs is 1. The summed E-state index contributed by atoms with van der Waals surface area (Å²) < 4.78 is 2.01. The van der Waals surface area contributed by atoms with Gasteiger partial charge < -0.3 is 14.8 Å². The summed E-state index contributed by atoms with van der Waals surface area (Å²) in [6, 6.07) is 7.91. The summed E-state index contributed by atoms with van der Waals surface area (Å²) in [5.41, 5.74) is 1.86. The van der Waals surface area contributed by atoms with Crippen molar-refractivity contribution in [3.8, 4) is 0 Å². The summed E-state index contributed by atoms with van der Waals surface area (Å²) in [5.74, 6) is 1.13. The van der Waals surface area contributed by atoms with Crippen LogP contribution >= 0.6 is 0 Å². The molecule has 2 amide bonds. The second-order valence-electron chi connectivity index (χ2n) is 7.54. The van der Waals surface area contributed by atoms with E-state index < -0.39 is 0 Å². The van der Waals surface area contributed by atoms with E-state index in [1.54, 1.807) is 0 Å². The van der Waals surface area contributed by atoms with E-state index in [9.17, 15) is 9.59 Å². The molecule has 0 aliphatic rings. The van der Waals surface area contributed by atoms with Crippen molar-refractivity contribution in [1.29, 1.82) is 0 Å². The molecule has 0 unspecified atom stereocenters. The quantitative estimate of drug-likeness (QED) is 0.590. The predicted octanol–water partition coefficient (Wildman–Crippen LogP) is 3.78. The second kappa shape index (κ2) is 11.6. The molecule has 1 N–H and O–H groups in total. The number of carbonyl (C=O) groups excluding carboxylic acids is 2. The normalized spacial score (nSPS) is 11.2. The smallest absolute Gasteiger partial charge is 0.242 e. The van der Waals surface area contributed by atoms with E-state index in [0.717, 1.165) is 55.6 Å². The Bertz CT molecular complexity index is 789. The van der Waals surface area contributed by atoms with Gasteiger partial charge in [0, 0.05) is 32.0 Å². The van der Waals surface area contributed by atoms with E-state index in [-0.39, 0.29) is 24.3 Å². The van der Waals surface area contributed by atoms with Crippen molar-refractivity contribution in [2.24, 2.45) is 5.92 Å². The van der Waals surface area contributed by atoms with Gasteiger partial charge in [0.05, 0.1) is 11.0 Å². The molecule has 160 valence electrons. The van der Waals surface area contributed by atoms with E-state index in [1.807, 2.05) is 47.6 Å². The monoisotopic (exact) mass is 400 g/mol. The van der Waals surface area contributed by atoms with Crippen LogP contribution in [-0.4, -0.2) is 45.9 Å². The van der Waals surface area contributed by atoms with Crippen LogP contribution < -0.4 is 5.32 Å². The molecule has 2 rings (SSSR count). The highest BCUT2D eigenvalue weighted by molar-refractivity contribution is 5.81. The van der Waals surface area contributed by atoms with Crippen LogP contribution in [0, 0.1) is 5.92 Å². The zero-order chi connectivity index (χ0) is 21.2. The summed E-state index contributed by atoms with van der Waals surface area (Å²) in [5, 5.41) is 3.03. The zero-order valence-corrected chi connectivity index (χ0v) is 18.4. The molecular formula is C23H36N4O2. The van der Waals surface area contributed by atoms with Crippen molar-refractivity contribution in [3.63, 3.8) is 0 Å². The fourth-order valence-electron chi connectivity index (χ4n) is 3.73. The van der Waals surface area contributed by atoms with Crippen LogP contribution in [-0.2, 0) is 22.6 Å². The molecule has 0 saturated carbocycles. The SMILES string of the molecule is CCCN(CCC)C(=O)Cn1c(CCNC(=O)C(CC)CC)nc2ccccc21. The highest BCUT2D eigenvalue weighted by atomic mass is 16.2. The van der Waals surface area contributed by atoms with E-state index in [4.69, 9.17) is 4.98 Å². The molecule has 0 aliphatic heterocycles. The summed E-state index contributed by atoms with van der Waals surface area (Å²) in [4.78, 5) is 31.9. The van der Waals surface area contributed by atoms with Gasteiger partial charge in [0.1, 0.15) is 12.4 Å². The number of carbonyl (C=O) groups is 2. The standard InChI is InChI=1S/C23H36N4O2/c1-5-15-26(16-6-2)22(28)17-27-20-12-10-9-11-19(20)25-21(27)13-14-24-23(29)18(7-3)8-4/h9-12,18H,5-8,13-17H2,1-4H3,(H,24,29). The van der Waals surface area contributed by atoms with Gasteiger partial charge in [-0.2, -0.15) is 0 Å². The number of rotatable bonds is 12. The number of hydrogen-bond donors (Lipinski definition) is 1. The summed E-state index contributed by atoms with van der Waals surface area (Å²) in [6.45, 7) is 10.6. The lowest BCUT2D eigenvalue weighted by Gasteiger charge is -2.22. The van der Waals surface area contributed by atoms with Crippen LogP contribution in [0.3, 0.4) is 0 Å². The lowest BCUT2D eigenvalue weighted by molar-refractivity contribution is -0.132. The third-order valence-corrected chi connectivity index (χ3v) is 5.37. The van der Waals surface area contributed by atoms with Crippen molar-refractivity contribution < 1.29 is 9.59 Å². The fourth-order valence-corrected chi connectivity index (χ4v) is 3.73. The first-order chi connectivity index (χ1) is 14.0. The Kier molecular flexibility index (Phi) is 9.16. The Morgan fingerprint density at radius 1 is 1.07 bits per heavy atom. The van der Waals surface area contributed by atoms with Crippen LogP contribution in [0.2, 0.25) is 0 Å². The summed E-state index contributed by atoms with van der Waals surface area (Å²) in [6.07, 6.45) is 4.20. The van der Waals surface area contributed by atoms with Crippen LogP contribution in [0.5, 0.6) is 0 Å². The van der Waals surface area contributed by atoms with Crippen LogP contribution in [0.4, 0.5) is 0 Å². The molecule has 29 heavy (non-hydrogen) atoms. The Labute approximate surface area is 174 Å². The zero-order valence-electron chi connectivity index (χ0n) is 18.4. The number of imidazole rings is 1. The van der Waals surface area contributed by atoms with Gasteiger partial charge in [0.25, 0.3) is 0 Å². The van der Waals surface area contributed by atoms with E-state index in [1.165, 1.54) is 0 Å². The number of benzene rings is 1. The van der Waals surface area contributed by atoms with Gasteiger partial charge in [0.2, 0.25) is 11.8 Å². The Balaban J connectivity index is 2.16. The molecule has 0 bridgehead atoms. The average molecular weight is 401 g/mol. The number of hydrogen-bond acceptors (Lipinski definition) is 3. The van der Waals surface area contributed by atoms with E-state index >= 15 is 0 Å². The van der Waals surface area contributed by atoms with Crippen LogP contribution in [0.15, 0.2) is 24.3 Å². The van der Waals surface area contributed by atoms with Crippen molar-refractivity contribution >= 4 is 22.8 Å². The molecule has 0 atom stereocenters. The third kappa shape index (κ3) is 6.05. The van der Waals surface area contributed by atoms with Crippen molar-refractivity contribution in [1.82, 2.24) is 19.8 Å². The molecule has 0 fully saturated rings. The van der Waals surface area contributed by atoms with Crippen molar-refractivity contribution in [2.75, 3.05) is 19.6 Å². The Morgan fingerprint density at radius 2 is 1.72 bits per heavy atom. The number of amides is 2. The van der Waals surface area contributed by atoms with Gasteiger partial charge in [0.15, 0.2) is 0 Å². The van der Waals surface area contributed by atoms with Gasteiger partial charge >= 0.3 is 0 Å². The maximum atomic E-state index is 12.9. The van der Waals surface area contributed by atoms with Crippen molar-refractivity contribution in [3.05, 3.63) is 30.1 Å². The van der Waals surface area contributed by atoms with Gasteiger partial charge in [-0.25, -0.2) is 4.98 Å². The molecule has 6 nitrogen and oxygen atoms in total. The Hall–Kier alpha value is -2.37.